The highest BCUT2D eigenvalue weighted by atomic mass is 32.2. The molecule has 0 radical (unpaired) electrons. The predicted molar refractivity (Wildman–Crippen MR) is 230 cm³/mol. The average Bonchev–Trinajstić information content (AvgIpc) is 3.56. The molecule has 0 saturated carbocycles. The molecule has 0 aliphatic carbocycles. The fraction of sp³-hybridized carbons (Fsp3) is 0.364. The van der Waals surface area contributed by atoms with Crippen LogP contribution in [0, 0.1) is 13.8 Å². The first-order valence-corrected chi connectivity index (χ1v) is 21.5. The molecule has 1 fully saturated rings. The van der Waals surface area contributed by atoms with E-state index in [1.54, 1.807) is 45.2 Å². The number of aromatic nitrogens is 6. The smallest absolute Gasteiger partial charge is 0.348 e. The number of carbonyl (C=O) groups is 1. The molecule has 4 heterocycles. The lowest BCUT2D eigenvalue weighted by Gasteiger charge is -2.37. The van der Waals surface area contributed by atoms with E-state index in [9.17, 15) is 23.1 Å². The molecule has 6 aromatic rings. The number of likely N-dealkylation sites (N-methyl/N-ethyl adjacent to an activating group) is 1. The van der Waals surface area contributed by atoms with E-state index < -0.39 is 27.7 Å². The summed E-state index contributed by atoms with van der Waals surface area (Å²) in [6, 6.07) is 24.8. The van der Waals surface area contributed by atoms with Crippen LogP contribution >= 0.6 is 0 Å². The number of benzene rings is 3. The number of methoxy groups -OCH3 is 1. The molecule has 1 aliphatic heterocycles. The SMILES string of the molecule is CCCc1nn(C)c2c(=O)[nH]c(-c3cc(S(=O)(=O)N4CCN(C)CC4)ccc3OCC)nc12.COC(c1ccccc1)(c1ccccc1)[C@H](Oc1nc(C)cc(C)n1)C(=O)O. The lowest BCUT2D eigenvalue weighted by atomic mass is 9.81. The number of piperazine rings is 1. The molecule has 0 bridgehead atoms. The number of nitrogens with zero attached hydrogens (tertiary/aromatic N) is 7. The average molecular weight is 853 g/mol. The van der Waals surface area contributed by atoms with Gasteiger partial charge in [0.1, 0.15) is 17.1 Å². The van der Waals surface area contributed by atoms with Gasteiger partial charge in [-0.25, -0.2) is 28.2 Å². The summed E-state index contributed by atoms with van der Waals surface area (Å²) in [6.45, 7) is 10.1. The number of sulfonamides is 1. The van der Waals surface area contributed by atoms with Gasteiger partial charge in [-0.15, -0.1) is 0 Å². The number of rotatable bonds is 14. The highest BCUT2D eigenvalue weighted by molar-refractivity contribution is 7.89. The summed E-state index contributed by atoms with van der Waals surface area (Å²) in [5.41, 5.74) is 3.04. The predicted octanol–water partition coefficient (Wildman–Crippen LogP) is 5.13. The van der Waals surface area contributed by atoms with Crippen LogP contribution in [-0.2, 0) is 38.6 Å². The van der Waals surface area contributed by atoms with Crippen molar-refractivity contribution >= 4 is 27.0 Å². The van der Waals surface area contributed by atoms with Gasteiger partial charge in [-0.05, 0) is 69.6 Å². The van der Waals surface area contributed by atoms with Gasteiger partial charge >= 0.3 is 12.0 Å². The standard InChI is InChI=1S/C22H30N6O4S.C22H22N2O4/c1-5-7-17-19-20(27(4)25-17)22(29)24-21(23-19)16-14-15(8-9-18(16)32-6-2)33(30,31)28-12-10-26(3)11-13-28;1-15-14-16(2)24-21(23-15)28-19(20(25)26)22(27-3,17-10-6-4-7-11-17)18-12-8-5-9-13-18/h8-9,14H,5-7,10-13H2,1-4H3,(H,23,24,29);4-14,19H,1-3H3,(H,25,26)/t;19-/m.1/s1. The molecule has 7 rings (SSSR count). The monoisotopic (exact) mass is 852 g/mol. The Kier molecular flexibility index (Phi) is 14.0. The molecule has 17 heteroatoms. The first-order valence-electron chi connectivity index (χ1n) is 20.0. The summed E-state index contributed by atoms with van der Waals surface area (Å²) in [6.07, 6.45) is 0.130. The minimum absolute atomic E-state index is 0.00168. The number of hydrogen-bond donors (Lipinski definition) is 2. The second-order valence-corrected chi connectivity index (χ2v) is 16.6. The van der Waals surface area contributed by atoms with Crippen molar-refractivity contribution in [2.45, 2.75) is 57.1 Å². The second kappa shape index (κ2) is 19.1. The van der Waals surface area contributed by atoms with Gasteiger partial charge in [0.15, 0.2) is 11.1 Å². The minimum Gasteiger partial charge on any atom is -0.493 e. The Morgan fingerprint density at radius 1 is 0.885 bits per heavy atom. The van der Waals surface area contributed by atoms with Crippen LogP contribution in [0.5, 0.6) is 11.8 Å². The van der Waals surface area contributed by atoms with Crippen LogP contribution in [0.25, 0.3) is 22.4 Å². The van der Waals surface area contributed by atoms with E-state index >= 15 is 0 Å². The highest BCUT2D eigenvalue weighted by Gasteiger charge is 2.49. The maximum Gasteiger partial charge on any atom is 0.348 e. The van der Waals surface area contributed by atoms with Crippen molar-refractivity contribution in [3.8, 4) is 23.1 Å². The van der Waals surface area contributed by atoms with Gasteiger partial charge in [0.25, 0.3) is 5.56 Å². The third kappa shape index (κ3) is 9.49. The number of hydrogen-bond acceptors (Lipinski definition) is 12. The molecule has 61 heavy (non-hydrogen) atoms. The Hall–Kier alpha value is -6.01. The Labute approximate surface area is 355 Å². The van der Waals surface area contributed by atoms with E-state index in [2.05, 4.69) is 25.0 Å². The van der Waals surface area contributed by atoms with Crippen molar-refractivity contribution in [2.75, 3.05) is 46.9 Å². The summed E-state index contributed by atoms with van der Waals surface area (Å²) in [5.74, 6) is -0.465. The number of aliphatic carboxylic acids is 1. The molecule has 1 atom stereocenters. The third-order valence-electron chi connectivity index (χ3n) is 10.4. The maximum absolute atomic E-state index is 13.3. The molecule has 0 amide bonds. The van der Waals surface area contributed by atoms with Crippen molar-refractivity contribution in [2.24, 2.45) is 7.05 Å². The number of nitrogens with one attached hydrogen (secondary N) is 1. The molecular weight excluding hydrogens is 801 g/mol. The fourth-order valence-electron chi connectivity index (χ4n) is 7.44. The van der Waals surface area contributed by atoms with Crippen molar-refractivity contribution in [3.05, 3.63) is 123 Å². The van der Waals surface area contributed by atoms with E-state index in [0.717, 1.165) is 12.1 Å². The van der Waals surface area contributed by atoms with Crippen molar-refractivity contribution in [1.82, 2.24) is 38.9 Å². The summed E-state index contributed by atoms with van der Waals surface area (Å²) in [7, 11) is 1.47. The van der Waals surface area contributed by atoms with E-state index in [1.165, 1.54) is 16.1 Å². The zero-order chi connectivity index (χ0) is 43.9. The normalized spacial score (nSPS) is 14.3. The molecule has 3 aromatic heterocycles. The number of aromatic amines is 1. The number of fused-ring (bicyclic) bond motifs is 1. The first kappa shape index (κ1) is 44.5. The largest absolute Gasteiger partial charge is 0.493 e. The fourth-order valence-corrected chi connectivity index (χ4v) is 8.88. The zero-order valence-corrected chi connectivity index (χ0v) is 36.3. The van der Waals surface area contributed by atoms with E-state index in [4.69, 9.17) is 19.2 Å². The Morgan fingerprint density at radius 3 is 2.03 bits per heavy atom. The highest BCUT2D eigenvalue weighted by Crippen LogP contribution is 2.39. The molecule has 3 aromatic carbocycles. The summed E-state index contributed by atoms with van der Waals surface area (Å²) >= 11 is 0. The van der Waals surface area contributed by atoms with Gasteiger partial charge in [0, 0.05) is 51.7 Å². The van der Waals surface area contributed by atoms with E-state index in [0.29, 0.717) is 84.1 Å². The number of aryl methyl sites for hydroxylation is 4. The van der Waals surface area contributed by atoms with Crippen molar-refractivity contribution in [3.63, 3.8) is 0 Å². The minimum atomic E-state index is -3.70. The maximum atomic E-state index is 13.3. The molecule has 2 N–H and O–H groups in total. The van der Waals surface area contributed by atoms with Crippen LogP contribution in [0.15, 0.2) is 94.6 Å². The van der Waals surface area contributed by atoms with Gasteiger partial charge in [-0.3, -0.25) is 9.48 Å². The third-order valence-corrected chi connectivity index (χ3v) is 12.3. The van der Waals surface area contributed by atoms with Gasteiger partial charge in [-0.2, -0.15) is 9.40 Å². The van der Waals surface area contributed by atoms with Crippen LogP contribution < -0.4 is 15.0 Å². The molecule has 0 unspecified atom stereocenters. The topological polar surface area (TPSA) is 195 Å². The summed E-state index contributed by atoms with van der Waals surface area (Å²) in [5, 5.41) is 14.6. The number of ether oxygens (including phenoxy) is 3. The molecular formula is C44H52N8O8S. The summed E-state index contributed by atoms with van der Waals surface area (Å²) in [4.78, 5) is 43.5. The van der Waals surface area contributed by atoms with E-state index in [-0.39, 0.29) is 22.3 Å². The number of carboxylic acids is 1. The molecule has 0 spiro atoms. The van der Waals surface area contributed by atoms with Gasteiger partial charge < -0.3 is 29.2 Å². The number of H-pyrrole nitrogens is 1. The van der Waals surface area contributed by atoms with Gasteiger partial charge in [0.05, 0.1) is 22.8 Å². The van der Waals surface area contributed by atoms with Crippen LogP contribution in [0.1, 0.15) is 48.5 Å². The van der Waals surface area contributed by atoms with Crippen LogP contribution in [0.3, 0.4) is 0 Å². The molecule has 1 saturated heterocycles. The van der Waals surface area contributed by atoms with Crippen molar-refractivity contribution < 1.29 is 32.5 Å². The van der Waals surface area contributed by atoms with E-state index in [1.807, 2.05) is 81.6 Å². The summed E-state index contributed by atoms with van der Waals surface area (Å²) < 4.78 is 47.2. The molecule has 16 nitrogen and oxygen atoms in total. The Morgan fingerprint density at radius 2 is 1.49 bits per heavy atom. The van der Waals surface area contributed by atoms with Crippen molar-refractivity contribution in [1.29, 1.82) is 0 Å². The number of carboxylic acid groups (broad SMARTS) is 1. The van der Waals surface area contributed by atoms with Crippen LogP contribution in [-0.4, -0.2) is 111 Å². The van der Waals surface area contributed by atoms with Crippen LogP contribution in [0.2, 0.25) is 0 Å². The van der Waals surface area contributed by atoms with Crippen LogP contribution in [0.4, 0.5) is 0 Å². The lowest BCUT2D eigenvalue weighted by molar-refractivity contribution is -0.160. The molecule has 322 valence electrons. The van der Waals surface area contributed by atoms with Gasteiger partial charge in [-0.1, -0.05) is 74.0 Å². The Balaban J connectivity index is 0.000000207. The quantitative estimate of drug-likeness (QED) is 0.147. The zero-order valence-electron chi connectivity index (χ0n) is 35.5. The van der Waals surface area contributed by atoms with Gasteiger partial charge in [0.2, 0.25) is 16.1 Å². The first-order chi connectivity index (χ1) is 29.2. The second-order valence-electron chi connectivity index (χ2n) is 14.7. The lowest BCUT2D eigenvalue weighted by Crippen LogP contribution is -2.50. The molecule has 1 aliphatic rings. The Bertz CT molecular complexity index is 2570.